The first-order valence-electron chi connectivity index (χ1n) is 10.3. The van der Waals surface area contributed by atoms with Gasteiger partial charge in [0.15, 0.2) is 11.5 Å². The minimum absolute atomic E-state index is 0.0331. The van der Waals surface area contributed by atoms with E-state index in [-0.39, 0.29) is 22.9 Å². The fraction of sp³-hybridized carbons (Fsp3) is 0.696. The van der Waals surface area contributed by atoms with Crippen molar-refractivity contribution in [2.45, 2.75) is 39.7 Å². The highest BCUT2D eigenvalue weighted by Gasteiger charge is 2.67. The molecule has 6 nitrogen and oxygen atoms in total. The molecule has 6 heteroatoms. The zero-order valence-corrected chi connectivity index (χ0v) is 19.0. The summed E-state index contributed by atoms with van der Waals surface area (Å²) in [7, 11) is 8.79. The van der Waals surface area contributed by atoms with E-state index >= 15 is 0 Å². The number of rotatable bonds is 7. The fourth-order valence-electron chi connectivity index (χ4n) is 5.75. The van der Waals surface area contributed by atoms with Crippen LogP contribution in [0.3, 0.4) is 0 Å². The predicted molar refractivity (Wildman–Crippen MR) is 112 cm³/mol. The van der Waals surface area contributed by atoms with E-state index in [4.69, 9.17) is 18.9 Å². The van der Waals surface area contributed by atoms with Gasteiger partial charge in [0.25, 0.3) is 0 Å². The SMILES string of the molecule is COc1cc(C(=O)OC2C(CN(C)C)C3CCC2(C)C3(C)C)cc(OC)c1OC. The van der Waals surface area contributed by atoms with E-state index in [1.807, 2.05) is 0 Å². The summed E-state index contributed by atoms with van der Waals surface area (Å²) in [6.07, 6.45) is 2.16. The van der Waals surface area contributed by atoms with E-state index in [0.717, 1.165) is 13.0 Å². The second-order valence-corrected chi connectivity index (χ2v) is 9.45. The summed E-state index contributed by atoms with van der Waals surface area (Å²) in [5.41, 5.74) is 0.509. The monoisotopic (exact) mass is 405 g/mol. The normalized spacial score (nSPS) is 29.8. The van der Waals surface area contributed by atoms with Crippen LogP contribution >= 0.6 is 0 Å². The molecule has 0 aliphatic heterocycles. The molecular formula is C23H35NO5. The summed E-state index contributed by atoms with van der Waals surface area (Å²) < 4.78 is 22.4. The van der Waals surface area contributed by atoms with Gasteiger partial charge in [0.05, 0.1) is 26.9 Å². The third-order valence-electron chi connectivity index (χ3n) is 7.62. The van der Waals surface area contributed by atoms with E-state index in [1.54, 1.807) is 33.5 Å². The van der Waals surface area contributed by atoms with Gasteiger partial charge in [0, 0.05) is 17.9 Å². The van der Waals surface area contributed by atoms with E-state index in [1.165, 1.54) is 6.42 Å². The molecule has 0 N–H and O–H groups in total. The molecule has 2 saturated carbocycles. The van der Waals surface area contributed by atoms with Crippen LogP contribution < -0.4 is 14.2 Å². The van der Waals surface area contributed by atoms with Crippen LogP contribution in [0.1, 0.15) is 44.0 Å². The first kappa shape index (κ1) is 21.8. The highest BCUT2D eigenvalue weighted by molar-refractivity contribution is 5.91. The van der Waals surface area contributed by atoms with Crippen LogP contribution in [-0.4, -0.2) is 58.9 Å². The lowest BCUT2D eigenvalue weighted by Gasteiger charge is -2.40. The molecule has 0 radical (unpaired) electrons. The van der Waals surface area contributed by atoms with Crippen molar-refractivity contribution < 1.29 is 23.7 Å². The molecule has 0 spiro atoms. The Balaban J connectivity index is 1.93. The minimum atomic E-state index is -0.345. The quantitative estimate of drug-likeness (QED) is 0.642. The van der Waals surface area contributed by atoms with E-state index in [0.29, 0.717) is 34.6 Å². The molecule has 4 atom stereocenters. The van der Waals surface area contributed by atoms with Gasteiger partial charge < -0.3 is 23.8 Å². The number of ether oxygens (including phenoxy) is 4. The number of hydrogen-bond donors (Lipinski definition) is 0. The highest BCUT2D eigenvalue weighted by atomic mass is 16.5. The van der Waals surface area contributed by atoms with Crippen LogP contribution in [0.25, 0.3) is 0 Å². The average Bonchev–Trinajstić information content (AvgIpc) is 2.99. The molecule has 2 aliphatic carbocycles. The minimum Gasteiger partial charge on any atom is -0.493 e. The third kappa shape index (κ3) is 3.35. The van der Waals surface area contributed by atoms with Crippen LogP contribution in [0.15, 0.2) is 12.1 Å². The Morgan fingerprint density at radius 2 is 1.66 bits per heavy atom. The number of esters is 1. The molecule has 1 aromatic carbocycles. The van der Waals surface area contributed by atoms with Gasteiger partial charge in [-0.25, -0.2) is 4.79 Å². The largest absolute Gasteiger partial charge is 0.493 e. The Labute approximate surface area is 174 Å². The van der Waals surface area contributed by atoms with Crippen LogP contribution in [-0.2, 0) is 4.74 Å². The number of hydrogen-bond acceptors (Lipinski definition) is 6. The summed E-state index contributed by atoms with van der Waals surface area (Å²) in [5.74, 6) is 1.89. The molecule has 1 aromatic rings. The maximum atomic E-state index is 13.2. The zero-order chi connectivity index (χ0) is 21.6. The van der Waals surface area contributed by atoms with Crippen LogP contribution in [0, 0.1) is 22.7 Å². The molecule has 2 aliphatic rings. The number of nitrogens with zero attached hydrogens (tertiary/aromatic N) is 1. The summed E-state index contributed by atoms with van der Waals surface area (Å²) in [6.45, 7) is 7.87. The second kappa shape index (κ2) is 7.71. The van der Waals surface area contributed by atoms with Crippen LogP contribution in [0.2, 0.25) is 0 Å². The Morgan fingerprint density at radius 3 is 2.14 bits per heavy atom. The van der Waals surface area contributed by atoms with Crippen molar-refractivity contribution in [3.8, 4) is 17.2 Å². The average molecular weight is 406 g/mol. The fourth-order valence-corrected chi connectivity index (χ4v) is 5.75. The van der Waals surface area contributed by atoms with Gasteiger partial charge in [-0.1, -0.05) is 20.8 Å². The third-order valence-corrected chi connectivity index (χ3v) is 7.62. The van der Waals surface area contributed by atoms with Crippen molar-refractivity contribution in [3.63, 3.8) is 0 Å². The van der Waals surface area contributed by atoms with Gasteiger partial charge in [0.2, 0.25) is 5.75 Å². The Kier molecular flexibility index (Phi) is 5.78. The number of benzene rings is 1. The lowest BCUT2D eigenvalue weighted by Crippen LogP contribution is -2.43. The molecule has 2 bridgehead atoms. The summed E-state index contributed by atoms with van der Waals surface area (Å²) in [6, 6.07) is 3.32. The summed E-state index contributed by atoms with van der Waals surface area (Å²) in [4.78, 5) is 15.4. The Hall–Kier alpha value is -1.95. The maximum absolute atomic E-state index is 13.2. The van der Waals surface area contributed by atoms with Gasteiger partial charge in [-0.15, -0.1) is 0 Å². The molecule has 3 rings (SSSR count). The number of carbonyl (C=O) groups excluding carboxylic acids is 1. The summed E-state index contributed by atoms with van der Waals surface area (Å²) >= 11 is 0. The number of carbonyl (C=O) groups is 1. The second-order valence-electron chi connectivity index (χ2n) is 9.45. The van der Waals surface area contributed by atoms with Gasteiger partial charge in [-0.2, -0.15) is 0 Å². The maximum Gasteiger partial charge on any atom is 0.338 e. The number of fused-ring (bicyclic) bond motifs is 2. The van der Waals surface area contributed by atoms with E-state index in [2.05, 4.69) is 39.8 Å². The van der Waals surface area contributed by atoms with Crippen molar-refractivity contribution >= 4 is 5.97 Å². The van der Waals surface area contributed by atoms with Gasteiger partial charge >= 0.3 is 5.97 Å². The molecule has 29 heavy (non-hydrogen) atoms. The van der Waals surface area contributed by atoms with Crippen LogP contribution in [0.4, 0.5) is 0 Å². The van der Waals surface area contributed by atoms with E-state index < -0.39 is 0 Å². The standard InChI is InChI=1S/C23H35NO5/c1-22(2)16-9-10-23(22,3)20(15(16)13-24(4)5)29-21(25)14-11-17(26-6)19(28-8)18(12-14)27-7/h11-12,15-16,20H,9-10,13H2,1-8H3. The Bertz CT molecular complexity index is 750. The molecular weight excluding hydrogens is 370 g/mol. The van der Waals surface area contributed by atoms with Gasteiger partial charge in [-0.05, 0) is 50.4 Å². The van der Waals surface area contributed by atoms with Crippen molar-refractivity contribution in [3.05, 3.63) is 17.7 Å². The van der Waals surface area contributed by atoms with E-state index in [9.17, 15) is 4.79 Å². The molecule has 0 saturated heterocycles. The van der Waals surface area contributed by atoms with Crippen molar-refractivity contribution in [1.82, 2.24) is 4.90 Å². The van der Waals surface area contributed by atoms with Crippen molar-refractivity contribution in [2.24, 2.45) is 22.7 Å². The highest BCUT2D eigenvalue weighted by Crippen LogP contribution is 2.68. The first-order chi connectivity index (χ1) is 13.6. The van der Waals surface area contributed by atoms with Crippen molar-refractivity contribution in [2.75, 3.05) is 42.0 Å². The van der Waals surface area contributed by atoms with Gasteiger partial charge in [-0.3, -0.25) is 0 Å². The summed E-state index contributed by atoms with van der Waals surface area (Å²) in [5, 5.41) is 0. The lowest BCUT2D eigenvalue weighted by atomic mass is 9.70. The Morgan fingerprint density at radius 1 is 1.07 bits per heavy atom. The number of methoxy groups -OCH3 is 3. The molecule has 0 amide bonds. The molecule has 4 unspecified atom stereocenters. The lowest BCUT2D eigenvalue weighted by molar-refractivity contribution is -0.0442. The first-order valence-corrected chi connectivity index (χ1v) is 10.3. The topological polar surface area (TPSA) is 57.2 Å². The van der Waals surface area contributed by atoms with Crippen molar-refractivity contribution in [1.29, 1.82) is 0 Å². The predicted octanol–water partition coefficient (Wildman–Crippen LogP) is 3.87. The molecule has 2 fully saturated rings. The van der Waals surface area contributed by atoms with Crippen LogP contribution in [0.5, 0.6) is 17.2 Å². The molecule has 0 aromatic heterocycles. The molecule has 0 heterocycles. The van der Waals surface area contributed by atoms with Gasteiger partial charge in [0.1, 0.15) is 6.10 Å². The smallest absolute Gasteiger partial charge is 0.338 e. The zero-order valence-electron chi connectivity index (χ0n) is 19.0. The molecule has 162 valence electrons.